The van der Waals surface area contributed by atoms with Crippen LogP contribution < -0.4 is 10.1 Å². The molecule has 4 rings (SSSR count). The summed E-state index contributed by atoms with van der Waals surface area (Å²) in [5.74, 6) is -0.447. The van der Waals surface area contributed by atoms with E-state index in [1.165, 1.54) is 37.6 Å². The first-order chi connectivity index (χ1) is 16.3. The third-order valence-corrected chi connectivity index (χ3v) is 4.92. The van der Waals surface area contributed by atoms with Crippen molar-refractivity contribution in [3.05, 3.63) is 65.5 Å². The summed E-state index contributed by atoms with van der Waals surface area (Å²) in [6, 6.07) is 9.46. The van der Waals surface area contributed by atoms with Crippen LogP contribution in [0.3, 0.4) is 0 Å². The van der Waals surface area contributed by atoms with Crippen molar-refractivity contribution in [2.75, 3.05) is 25.6 Å². The van der Waals surface area contributed by atoms with Gasteiger partial charge in [-0.05, 0) is 31.2 Å². The fourth-order valence-electron chi connectivity index (χ4n) is 3.38. The number of hydrogen-bond donors (Lipinski definition) is 1. The van der Waals surface area contributed by atoms with Crippen molar-refractivity contribution in [2.24, 2.45) is 0 Å². The molecular formula is C23H19F3N4O4. The minimum Gasteiger partial charge on any atom is -0.474 e. The van der Waals surface area contributed by atoms with E-state index in [0.717, 1.165) is 6.07 Å². The maximum Gasteiger partial charge on any atom is 0.417 e. The van der Waals surface area contributed by atoms with Crippen molar-refractivity contribution in [1.82, 2.24) is 15.1 Å². The molecule has 0 radical (unpaired) electrons. The van der Waals surface area contributed by atoms with Crippen molar-refractivity contribution < 1.29 is 32.0 Å². The van der Waals surface area contributed by atoms with E-state index in [2.05, 4.69) is 20.4 Å². The average molecular weight is 472 g/mol. The Balaban J connectivity index is 1.77. The van der Waals surface area contributed by atoms with Gasteiger partial charge in [0.05, 0.1) is 34.5 Å². The van der Waals surface area contributed by atoms with Gasteiger partial charge in [0.25, 0.3) is 11.6 Å². The molecule has 0 aliphatic heterocycles. The van der Waals surface area contributed by atoms with E-state index in [4.69, 9.17) is 14.0 Å². The fraction of sp³-hybridized carbons (Fsp3) is 0.217. The number of alkyl halides is 3. The van der Waals surface area contributed by atoms with Crippen LogP contribution in [-0.4, -0.2) is 41.4 Å². The Morgan fingerprint density at radius 2 is 1.94 bits per heavy atom. The topological polar surface area (TPSA) is 99.4 Å². The van der Waals surface area contributed by atoms with E-state index in [-0.39, 0.29) is 46.1 Å². The second kappa shape index (κ2) is 9.48. The summed E-state index contributed by atoms with van der Waals surface area (Å²) >= 11 is 0. The highest BCUT2D eigenvalue weighted by Crippen LogP contribution is 2.37. The van der Waals surface area contributed by atoms with Crippen LogP contribution in [0.4, 0.5) is 18.9 Å². The van der Waals surface area contributed by atoms with Gasteiger partial charge in [-0.2, -0.15) is 13.2 Å². The monoisotopic (exact) mass is 472 g/mol. The summed E-state index contributed by atoms with van der Waals surface area (Å²) in [6.07, 6.45) is -3.12. The molecule has 0 aliphatic rings. The first kappa shape index (κ1) is 23.2. The Bertz CT molecular complexity index is 1340. The Hall–Kier alpha value is -3.99. The number of halogens is 3. The summed E-state index contributed by atoms with van der Waals surface area (Å²) in [5, 5.41) is 6.82. The van der Waals surface area contributed by atoms with Crippen molar-refractivity contribution >= 4 is 22.7 Å². The van der Waals surface area contributed by atoms with Crippen LogP contribution in [0, 0.1) is 6.92 Å². The Morgan fingerprint density at radius 3 is 2.71 bits per heavy atom. The van der Waals surface area contributed by atoms with E-state index in [0.29, 0.717) is 12.3 Å². The van der Waals surface area contributed by atoms with Gasteiger partial charge >= 0.3 is 6.18 Å². The molecular weight excluding hydrogens is 453 g/mol. The molecule has 11 heteroatoms. The smallest absolute Gasteiger partial charge is 0.417 e. The molecule has 1 aromatic carbocycles. The number of benzene rings is 1. The van der Waals surface area contributed by atoms with Crippen LogP contribution in [0.25, 0.3) is 22.4 Å². The number of amides is 1. The van der Waals surface area contributed by atoms with Crippen molar-refractivity contribution in [3.63, 3.8) is 0 Å². The van der Waals surface area contributed by atoms with Crippen molar-refractivity contribution in [3.8, 4) is 17.1 Å². The lowest BCUT2D eigenvalue weighted by molar-refractivity contribution is -0.137. The number of aromatic nitrogens is 3. The zero-order valence-electron chi connectivity index (χ0n) is 18.1. The number of carbonyl (C=O) groups is 1. The number of methoxy groups -OCH3 is 1. The van der Waals surface area contributed by atoms with Gasteiger partial charge in [0.1, 0.15) is 12.3 Å². The van der Waals surface area contributed by atoms with Gasteiger partial charge in [-0.25, -0.2) is 9.97 Å². The highest BCUT2D eigenvalue weighted by molar-refractivity contribution is 6.13. The highest BCUT2D eigenvalue weighted by Gasteiger charge is 2.34. The lowest BCUT2D eigenvalue weighted by Gasteiger charge is -2.14. The minimum atomic E-state index is -4.61. The van der Waals surface area contributed by atoms with Crippen LogP contribution in [0.2, 0.25) is 0 Å². The average Bonchev–Trinajstić information content (AvgIpc) is 3.20. The Labute approximate surface area is 191 Å². The Morgan fingerprint density at radius 1 is 1.15 bits per heavy atom. The molecule has 1 N–H and O–H groups in total. The van der Waals surface area contributed by atoms with Crippen LogP contribution in [-0.2, 0) is 10.9 Å². The van der Waals surface area contributed by atoms with Gasteiger partial charge in [-0.1, -0.05) is 23.4 Å². The zero-order valence-corrected chi connectivity index (χ0v) is 18.1. The molecule has 8 nitrogen and oxygen atoms in total. The van der Waals surface area contributed by atoms with Gasteiger partial charge in [0, 0.05) is 18.9 Å². The van der Waals surface area contributed by atoms with Gasteiger partial charge < -0.3 is 19.3 Å². The molecule has 0 spiro atoms. The molecule has 3 aromatic heterocycles. The first-order valence-electron chi connectivity index (χ1n) is 10.1. The molecule has 0 saturated heterocycles. The van der Waals surface area contributed by atoms with Crippen LogP contribution in [0.1, 0.15) is 21.6 Å². The van der Waals surface area contributed by atoms with Gasteiger partial charge in [0.15, 0.2) is 0 Å². The SMILES string of the molecule is COCCOc1ncccc1NC(=O)c1cc(-c2ccccc2C(F)(F)F)nc2onc(C)c12. The molecule has 0 atom stereocenters. The minimum absolute atomic E-state index is 0.0439. The van der Waals surface area contributed by atoms with E-state index in [1.54, 1.807) is 19.1 Å². The van der Waals surface area contributed by atoms with Crippen molar-refractivity contribution in [2.45, 2.75) is 13.1 Å². The lowest BCUT2D eigenvalue weighted by Crippen LogP contribution is -2.15. The second-order valence-electron chi connectivity index (χ2n) is 7.20. The molecule has 0 unspecified atom stereocenters. The zero-order chi connectivity index (χ0) is 24.3. The van der Waals surface area contributed by atoms with E-state index in [9.17, 15) is 18.0 Å². The third kappa shape index (κ3) is 4.69. The number of rotatable bonds is 7. The summed E-state index contributed by atoms with van der Waals surface area (Å²) < 4.78 is 56.5. The third-order valence-electron chi connectivity index (χ3n) is 4.92. The number of anilines is 1. The molecule has 34 heavy (non-hydrogen) atoms. The number of ether oxygens (including phenoxy) is 2. The number of carbonyl (C=O) groups excluding carboxylic acids is 1. The summed E-state index contributed by atoms with van der Waals surface area (Å²) in [6.45, 7) is 2.13. The van der Waals surface area contributed by atoms with Gasteiger partial charge in [-0.15, -0.1) is 0 Å². The number of pyridine rings is 2. The van der Waals surface area contributed by atoms with Crippen LogP contribution in [0.5, 0.6) is 5.88 Å². The molecule has 176 valence electrons. The molecule has 0 fully saturated rings. The predicted octanol–water partition coefficient (Wildman–Crippen LogP) is 4.89. The molecule has 4 aromatic rings. The predicted molar refractivity (Wildman–Crippen MR) is 117 cm³/mol. The molecule has 1 amide bonds. The number of nitrogens with zero attached hydrogens (tertiary/aromatic N) is 3. The Kier molecular flexibility index (Phi) is 6.46. The quantitative estimate of drug-likeness (QED) is 0.382. The first-order valence-corrected chi connectivity index (χ1v) is 10.1. The summed E-state index contributed by atoms with van der Waals surface area (Å²) in [7, 11) is 1.52. The van der Waals surface area contributed by atoms with Crippen molar-refractivity contribution in [1.29, 1.82) is 0 Å². The highest BCUT2D eigenvalue weighted by atomic mass is 19.4. The van der Waals surface area contributed by atoms with Gasteiger partial charge in [0.2, 0.25) is 5.88 Å². The number of aryl methyl sites for hydroxylation is 1. The number of fused-ring (bicyclic) bond motifs is 1. The normalized spacial score (nSPS) is 11.6. The van der Waals surface area contributed by atoms with E-state index < -0.39 is 17.6 Å². The molecule has 3 heterocycles. The second-order valence-corrected chi connectivity index (χ2v) is 7.20. The summed E-state index contributed by atoms with van der Waals surface area (Å²) in [4.78, 5) is 21.6. The molecule has 0 saturated carbocycles. The standard InChI is InChI=1S/C23H19F3N4O4/c1-13-19-15(20(31)28-17-8-5-9-27-21(17)33-11-10-32-2)12-18(29-22(19)34-30-13)14-6-3-4-7-16(14)23(24,25)26/h3-9,12H,10-11H2,1-2H3,(H,28,31). The maximum absolute atomic E-state index is 13.6. The summed E-state index contributed by atoms with van der Waals surface area (Å²) in [5.41, 5.74) is -0.520. The number of nitrogens with one attached hydrogen (secondary N) is 1. The fourth-order valence-corrected chi connectivity index (χ4v) is 3.38. The van der Waals surface area contributed by atoms with Crippen LogP contribution in [0.15, 0.2) is 53.2 Å². The maximum atomic E-state index is 13.6. The largest absolute Gasteiger partial charge is 0.474 e. The van der Waals surface area contributed by atoms with Gasteiger partial charge in [-0.3, -0.25) is 4.79 Å². The van der Waals surface area contributed by atoms with Crippen LogP contribution >= 0.6 is 0 Å². The van der Waals surface area contributed by atoms with E-state index in [1.807, 2.05) is 0 Å². The lowest BCUT2D eigenvalue weighted by atomic mass is 10.0. The molecule has 0 bridgehead atoms. The van der Waals surface area contributed by atoms with E-state index >= 15 is 0 Å². The number of hydrogen-bond acceptors (Lipinski definition) is 7. The molecule has 0 aliphatic carbocycles.